The molecule has 0 spiro atoms. The van der Waals surface area contributed by atoms with Gasteiger partial charge >= 0.3 is 0 Å². The Morgan fingerprint density at radius 2 is 1.89 bits per heavy atom. The first-order valence-corrected chi connectivity index (χ1v) is 10.1. The second kappa shape index (κ2) is 11.3. The van der Waals surface area contributed by atoms with Gasteiger partial charge in [0.25, 0.3) is 0 Å². The van der Waals surface area contributed by atoms with Crippen LogP contribution in [0.4, 0.5) is 0 Å². The van der Waals surface area contributed by atoms with Crippen LogP contribution in [0.1, 0.15) is 44.9 Å². The molecule has 0 aromatic heterocycles. The minimum absolute atomic E-state index is 0.0931. The normalized spacial score (nSPS) is 13.9. The van der Waals surface area contributed by atoms with Gasteiger partial charge in [0.05, 0.1) is 11.6 Å². The predicted molar refractivity (Wildman–Crippen MR) is 110 cm³/mol. The van der Waals surface area contributed by atoms with E-state index in [1.165, 1.54) is 12.8 Å². The quantitative estimate of drug-likeness (QED) is 0.348. The number of carbonyl (C=O) groups excluding carboxylic acids is 2. The van der Waals surface area contributed by atoms with Gasteiger partial charge in [-0.15, -0.1) is 0 Å². The molecule has 1 saturated carbocycles. The lowest BCUT2D eigenvalue weighted by molar-refractivity contribution is -0.122. The number of hydrogen-bond donors (Lipinski definition) is 3. The molecule has 1 aromatic rings. The number of halogens is 2. The zero-order chi connectivity index (χ0) is 19.6. The fourth-order valence-corrected chi connectivity index (χ4v) is 3.51. The third kappa shape index (κ3) is 8.32. The first-order chi connectivity index (χ1) is 12.9. The van der Waals surface area contributed by atoms with Crippen molar-refractivity contribution >= 4 is 52.3 Å². The van der Waals surface area contributed by atoms with Gasteiger partial charge in [0.2, 0.25) is 11.8 Å². The first-order valence-electron chi connectivity index (χ1n) is 8.90. The summed E-state index contributed by atoms with van der Waals surface area (Å²) in [6.07, 6.45) is 5.75. The Balaban J connectivity index is 1.55. The molecule has 1 aromatic carbocycles. The van der Waals surface area contributed by atoms with Crippen molar-refractivity contribution in [3.05, 3.63) is 28.2 Å². The molecule has 1 aliphatic rings. The lowest BCUT2D eigenvalue weighted by atomic mass is 10.0. The summed E-state index contributed by atoms with van der Waals surface area (Å²) in [5, 5.41) is 3.63. The average molecular weight is 432 g/mol. The van der Waals surface area contributed by atoms with Crippen LogP contribution < -0.4 is 20.9 Å². The highest BCUT2D eigenvalue weighted by Crippen LogP contribution is 2.28. The van der Waals surface area contributed by atoms with Crippen molar-refractivity contribution in [3.63, 3.8) is 0 Å². The van der Waals surface area contributed by atoms with Crippen LogP contribution in [0.3, 0.4) is 0 Å². The number of amides is 2. The predicted octanol–water partition coefficient (Wildman–Crippen LogP) is 3.75. The van der Waals surface area contributed by atoms with E-state index in [9.17, 15) is 9.59 Å². The molecule has 27 heavy (non-hydrogen) atoms. The van der Waals surface area contributed by atoms with Crippen LogP contribution in [0.2, 0.25) is 10.0 Å². The number of thiocarbonyl (C=S) groups is 1. The maximum Gasteiger partial charge on any atom is 0.238 e. The highest BCUT2D eigenvalue weighted by Gasteiger charge is 2.18. The van der Waals surface area contributed by atoms with Gasteiger partial charge in [-0.05, 0) is 55.6 Å². The van der Waals surface area contributed by atoms with E-state index >= 15 is 0 Å². The molecule has 0 heterocycles. The van der Waals surface area contributed by atoms with Crippen LogP contribution >= 0.6 is 35.4 Å². The third-order valence-electron chi connectivity index (χ3n) is 4.22. The molecule has 0 bridgehead atoms. The van der Waals surface area contributed by atoms with Crippen molar-refractivity contribution in [1.29, 1.82) is 0 Å². The molecule has 0 atom stereocenters. The summed E-state index contributed by atoms with van der Waals surface area (Å²) in [6.45, 7) is 0.331. The number of hydrogen-bond acceptors (Lipinski definition) is 4. The van der Waals surface area contributed by atoms with E-state index in [1.54, 1.807) is 18.2 Å². The number of rotatable bonds is 7. The Kier molecular flexibility index (Phi) is 9.10. The van der Waals surface area contributed by atoms with Crippen molar-refractivity contribution in [2.45, 2.75) is 44.9 Å². The van der Waals surface area contributed by atoms with E-state index in [0.29, 0.717) is 41.2 Å². The fraction of sp³-hybridized carbons (Fsp3) is 0.500. The van der Waals surface area contributed by atoms with Gasteiger partial charge in [0.15, 0.2) is 5.11 Å². The second-order valence-corrected chi connectivity index (χ2v) is 7.68. The molecular formula is C18H23Cl2N3O3S. The monoisotopic (exact) mass is 431 g/mol. The third-order valence-corrected chi connectivity index (χ3v) is 4.95. The van der Waals surface area contributed by atoms with E-state index < -0.39 is 0 Å². The lowest BCUT2D eigenvalue weighted by Gasteiger charge is -2.13. The van der Waals surface area contributed by atoms with E-state index in [-0.39, 0.29) is 23.3 Å². The molecule has 3 N–H and O–H groups in total. The summed E-state index contributed by atoms with van der Waals surface area (Å²) in [6, 6.07) is 4.96. The minimum atomic E-state index is -0.256. The zero-order valence-corrected chi connectivity index (χ0v) is 17.2. The molecule has 1 fully saturated rings. The van der Waals surface area contributed by atoms with Gasteiger partial charge < -0.3 is 10.1 Å². The van der Waals surface area contributed by atoms with Crippen molar-refractivity contribution in [2.24, 2.45) is 5.92 Å². The van der Waals surface area contributed by atoms with Crippen molar-refractivity contribution in [2.75, 3.05) is 6.61 Å². The molecule has 0 radical (unpaired) electrons. The number of ether oxygens (including phenoxy) is 1. The molecule has 0 unspecified atom stereocenters. The van der Waals surface area contributed by atoms with Crippen LogP contribution in [0, 0.1) is 5.92 Å². The molecule has 2 amide bonds. The lowest BCUT2D eigenvalue weighted by Crippen LogP contribution is -2.48. The average Bonchev–Trinajstić information content (AvgIpc) is 3.11. The van der Waals surface area contributed by atoms with E-state index in [0.717, 1.165) is 12.8 Å². The number of nitrogens with one attached hydrogen (secondary N) is 3. The van der Waals surface area contributed by atoms with Crippen LogP contribution in [0.15, 0.2) is 18.2 Å². The highest BCUT2D eigenvalue weighted by atomic mass is 35.5. The van der Waals surface area contributed by atoms with Gasteiger partial charge in [-0.2, -0.15) is 0 Å². The molecular weight excluding hydrogens is 409 g/mol. The number of carbonyl (C=O) groups is 2. The number of hydrazine groups is 1. The van der Waals surface area contributed by atoms with Crippen LogP contribution in [-0.4, -0.2) is 23.5 Å². The van der Waals surface area contributed by atoms with E-state index in [2.05, 4.69) is 16.2 Å². The fourth-order valence-electron chi connectivity index (χ4n) is 2.88. The van der Waals surface area contributed by atoms with Gasteiger partial charge in [-0.25, -0.2) is 0 Å². The SMILES string of the molecule is O=C(CCCOc1ccc(Cl)cc1Cl)NNC(=S)NC(=O)CC1CCCC1. The number of benzene rings is 1. The summed E-state index contributed by atoms with van der Waals surface area (Å²) < 4.78 is 5.51. The smallest absolute Gasteiger partial charge is 0.238 e. The molecule has 2 rings (SSSR count). The Morgan fingerprint density at radius 1 is 1.15 bits per heavy atom. The highest BCUT2D eigenvalue weighted by molar-refractivity contribution is 7.80. The topological polar surface area (TPSA) is 79.5 Å². The van der Waals surface area contributed by atoms with Crippen LogP contribution in [0.25, 0.3) is 0 Å². The summed E-state index contributed by atoms with van der Waals surface area (Å²) in [7, 11) is 0. The van der Waals surface area contributed by atoms with Crippen molar-refractivity contribution < 1.29 is 14.3 Å². The van der Waals surface area contributed by atoms with Gasteiger partial charge in [-0.1, -0.05) is 36.0 Å². The van der Waals surface area contributed by atoms with Crippen LogP contribution in [0.5, 0.6) is 5.75 Å². The summed E-state index contributed by atoms with van der Waals surface area (Å²) in [5.41, 5.74) is 4.99. The molecule has 0 aliphatic heterocycles. The maximum atomic E-state index is 11.9. The molecule has 0 saturated heterocycles. The second-order valence-electron chi connectivity index (χ2n) is 6.43. The summed E-state index contributed by atoms with van der Waals surface area (Å²) >= 11 is 16.8. The first kappa shape index (κ1) is 21.7. The van der Waals surface area contributed by atoms with Crippen molar-refractivity contribution in [1.82, 2.24) is 16.2 Å². The maximum absolute atomic E-state index is 11.9. The molecule has 6 nitrogen and oxygen atoms in total. The largest absolute Gasteiger partial charge is 0.492 e. The Morgan fingerprint density at radius 3 is 2.59 bits per heavy atom. The van der Waals surface area contributed by atoms with E-state index in [1.807, 2.05) is 0 Å². The standard InChI is InChI=1S/C18H23Cl2N3O3S/c19-13-7-8-15(14(20)11-13)26-9-3-6-16(24)22-23-18(27)21-17(25)10-12-4-1-2-5-12/h7-8,11-12H,1-6,9-10H2,(H,22,24)(H2,21,23,25,27). The Labute approximate surface area is 174 Å². The molecule has 1 aliphatic carbocycles. The van der Waals surface area contributed by atoms with Crippen molar-refractivity contribution in [3.8, 4) is 5.75 Å². The summed E-state index contributed by atoms with van der Waals surface area (Å²) in [5.74, 6) is 0.581. The van der Waals surface area contributed by atoms with Gasteiger partial charge in [0, 0.05) is 17.9 Å². The Hall–Kier alpha value is -1.57. The van der Waals surface area contributed by atoms with Gasteiger partial charge in [0.1, 0.15) is 5.75 Å². The van der Waals surface area contributed by atoms with Crippen LogP contribution in [-0.2, 0) is 9.59 Å². The zero-order valence-electron chi connectivity index (χ0n) is 14.9. The van der Waals surface area contributed by atoms with E-state index in [4.69, 9.17) is 40.2 Å². The Bertz CT molecular complexity index is 682. The van der Waals surface area contributed by atoms with Gasteiger partial charge in [-0.3, -0.25) is 20.4 Å². The molecule has 9 heteroatoms. The summed E-state index contributed by atoms with van der Waals surface area (Å²) in [4.78, 5) is 23.7. The molecule has 148 valence electrons. The minimum Gasteiger partial charge on any atom is -0.492 e.